The molecular weight excluding hydrogens is 388 g/mol. The van der Waals surface area contributed by atoms with Gasteiger partial charge in [-0.05, 0) is 55.3 Å². The Labute approximate surface area is 164 Å². The predicted octanol–water partition coefficient (Wildman–Crippen LogP) is 3.78. The van der Waals surface area contributed by atoms with Crippen molar-refractivity contribution in [3.63, 3.8) is 0 Å². The van der Waals surface area contributed by atoms with Gasteiger partial charge in [0.25, 0.3) is 5.91 Å². The lowest BCUT2D eigenvalue weighted by Crippen LogP contribution is -2.35. The Morgan fingerprint density at radius 2 is 1.74 bits per heavy atom. The first-order chi connectivity index (χ1) is 12.9. The van der Waals surface area contributed by atoms with Gasteiger partial charge < -0.3 is 10.1 Å². The minimum atomic E-state index is -3.52. The third-order valence-electron chi connectivity index (χ3n) is 4.48. The lowest BCUT2D eigenvalue weighted by atomic mass is 10.2. The summed E-state index contributed by atoms with van der Waals surface area (Å²) in [6, 6.07) is 10.9. The highest BCUT2D eigenvalue weighted by atomic mass is 35.5. The number of nitrogens with one attached hydrogen (secondary N) is 1. The van der Waals surface area contributed by atoms with E-state index in [4.69, 9.17) is 16.3 Å². The van der Waals surface area contributed by atoms with Gasteiger partial charge in [-0.2, -0.15) is 4.31 Å². The number of halogens is 1. The third kappa shape index (κ3) is 4.43. The Bertz CT molecular complexity index is 923. The standard InChI is InChI=1S/C19H21ClN2O4S/c1-26-18-10-7-15(20)13-17(18)21-19(23)14-5-8-16(9-6-14)27(24,25)22-11-3-2-4-12-22/h5-10,13H,2-4,11-12H2,1H3,(H,21,23). The minimum Gasteiger partial charge on any atom is -0.495 e. The second-order valence-electron chi connectivity index (χ2n) is 6.29. The number of carbonyl (C=O) groups is 1. The molecule has 1 heterocycles. The van der Waals surface area contributed by atoms with Crippen molar-refractivity contribution in [3.8, 4) is 5.75 Å². The van der Waals surface area contributed by atoms with Crippen LogP contribution in [0.25, 0.3) is 0 Å². The fourth-order valence-corrected chi connectivity index (χ4v) is 4.69. The number of amides is 1. The normalized spacial score (nSPS) is 15.3. The maximum atomic E-state index is 12.7. The van der Waals surface area contributed by atoms with Gasteiger partial charge in [0.2, 0.25) is 10.0 Å². The first kappa shape index (κ1) is 19.7. The summed E-state index contributed by atoms with van der Waals surface area (Å²) in [4.78, 5) is 12.7. The van der Waals surface area contributed by atoms with Gasteiger partial charge in [-0.15, -0.1) is 0 Å². The van der Waals surface area contributed by atoms with E-state index in [1.165, 1.54) is 35.7 Å². The van der Waals surface area contributed by atoms with Crippen molar-refractivity contribution in [2.24, 2.45) is 0 Å². The first-order valence-electron chi connectivity index (χ1n) is 8.67. The van der Waals surface area contributed by atoms with E-state index in [-0.39, 0.29) is 10.8 Å². The van der Waals surface area contributed by atoms with E-state index in [1.54, 1.807) is 18.2 Å². The summed E-state index contributed by atoms with van der Waals surface area (Å²) in [5.41, 5.74) is 0.787. The molecule has 0 atom stereocenters. The highest BCUT2D eigenvalue weighted by molar-refractivity contribution is 7.89. The van der Waals surface area contributed by atoms with Crippen molar-refractivity contribution in [2.45, 2.75) is 24.2 Å². The Morgan fingerprint density at radius 1 is 1.07 bits per heavy atom. The summed E-state index contributed by atoms with van der Waals surface area (Å²) in [6.07, 6.45) is 2.81. The van der Waals surface area contributed by atoms with E-state index in [1.807, 2.05) is 0 Å². The number of nitrogens with zero attached hydrogens (tertiary/aromatic N) is 1. The van der Waals surface area contributed by atoms with Crippen LogP contribution in [0.5, 0.6) is 5.75 Å². The maximum absolute atomic E-state index is 12.7. The van der Waals surface area contributed by atoms with Crippen LogP contribution < -0.4 is 10.1 Å². The summed E-state index contributed by atoms with van der Waals surface area (Å²) < 4.78 is 32.1. The fourth-order valence-electron chi connectivity index (χ4n) is 3.00. The van der Waals surface area contributed by atoms with Gasteiger partial charge in [0.1, 0.15) is 5.75 Å². The molecule has 2 aromatic carbocycles. The molecule has 0 spiro atoms. The summed E-state index contributed by atoms with van der Waals surface area (Å²) in [6.45, 7) is 1.08. The zero-order valence-electron chi connectivity index (χ0n) is 14.9. The SMILES string of the molecule is COc1ccc(Cl)cc1NC(=O)c1ccc(S(=O)(=O)N2CCCCC2)cc1. The Balaban J connectivity index is 1.77. The van der Waals surface area contributed by atoms with Crippen LogP contribution in [-0.4, -0.2) is 38.8 Å². The molecule has 0 aliphatic carbocycles. The topological polar surface area (TPSA) is 75.7 Å². The fraction of sp³-hybridized carbons (Fsp3) is 0.316. The molecule has 27 heavy (non-hydrogen) atoms. The van der Waals surface area contributed by atoms with Crippen molar-refractivity contribution in [1.82, 2.24) is 4.31 Å². The summed E-state index contributed by atoms with van der Waals surface area (Å²) in [7, 11) is -2.02. The zero-order valence-corrected chi connectivity index (χ0v) is 16.5. The number of anilines is 1. The van der Waals surface area contributed by atoms with E-state index >= 15 is 0 Å². The van der Waals surface area contributed by atoms with E-state index in [0.717, 1.165) is 19.3 Å². The van der Waals surface area contributed by atoms with Crippen LogP contribution >= 0.6 is 11.6 Å². The quantitative estimate of drug-likeness (QED) is 0.816. The number of hydrogen-bond acceptors (Lipinski definition) is 4. The number of rotatable bonds is 5. The van der Waals surface area contributed by atoms with E-state index < -0.39 is 10.0 Å². The molecule has 3 rings (SSSR count). The Morgan fingerprint density at radius 3 is 2.37 bits per heavy atom. The molecule has 1 fully saturated rings. The molecule has 8 heteroatoms. The number of sulfonamides is 1. The molecule has 1 saturated heterocycles. The van der Waals surface area contributed by atoms with Crippen LogP contribution in [0.1, 0.15) is 29.6 Å². The van der Waals surface area contributed by atoms with Gasteiger partial charge in [-0.3, -0.25) is 4.79 Å². The summed E-state index contributed by atoms with van der Waals surface area (Å²) in [5.74, 6) is 0.106. The molecule has 0 aromatic heterocycles. The number of ether oxygens (including phenoxy) is 1. The molecule has 1 N–H and O–H groups in total. The Hall–Kier alpha value is -2.09. The van der Waals surface area contributed by atoms with E-state index in [9.17, 15) is 13.2 Å². The number of piperidine rings is 1. The number of methoxy groups -OCH3 is 1. The van der Waals surface area contributed by atoms with E-state index in [2.05, 4.69) is 5.32 Å². The van der Waals surface area contributed by atoms with Gasteiger partial charge in [0, 0.05) is 23.7 Å². The van der Waals surface area contributed by atoms with Crippen molar-refractivity contribution in [2.75, 3.05) is 25.5 Å². The molecule has 1 aliphatic heterocycles. The van der Waals surface area contributed by atoms with Crippen LogP contribution in [-0.2, 0) is 10.0 Å². The van der Waals surface area contributed by atoms with Crippen LogP contribution in [0, 0.1) is 0 Å². The minimum absolute atomic E-state index is 0.196. The molecular formula is C19H21ClN2O4S. The lowest BCUT2D eigenvalue weighted by Gasteiger charge is -2.25. The average Bonchev–Trinajstić information content (AvgIpc) is 2.69. The Kier molecular flexibility index (Phi) is 6.04. The molecule has 0 unspecified atom stereocenters. The molecule has 1 aliphatic rings. The van der Waals surface area contributed by atoms with Crippen LogP contribution in [0.2, 0.25) is 5.02 Å². The summed E-state index contributed by atoms with van der Waals surface area (Å²) in [5, 5.41) is 3.20. The van der Waals surface area contributed by atoms with Gasteiger partial charge in [0.15, 0.2) is 0 Å². The van der Waals surface area contributed by atoms with E-state index in [0.29, 0.717) is 35.1 Å². The van der Waals surface area contributed by atoms with Gasteiger partial charge in [-0.1, -0.05) is 18.0 Å². The second kappa shape index (κ2) is 8.29. The lowest BCUT2D eigenvalue weighted by molar-refractivity contribution is 0.102. The molecule has 2 aromatic rings. The van der Waals surface area contributed by atoms with Gasteiger partial charge in [-0.25, -0.2) is 8.42 Å². The number of carbonyl (C=O) groups excluding carboxylic acids is 1. The van der Waals surface area contributed by atoms with Crippen molar-refractivity contribution in [1.29, 1.82) is 0 Å². The van der Waals surface area contributed by atoms with Crippen LogP contribution in [0.4, 0.5) is 5.69 Å². The zero-order chi connectivity index (χ0) is 19.4. The third-order valence-corrected chi connectivity index (χ3v) is 6.63. The molecule has 6 nitrogen and oxygen atoms in total. The van der Waals surface area contributed by atoms with Crippen LogP contribution in [0.15, 0.2) is 47.4 Å². The van der Waals surface area contributed by atoms with Crippen molar-refractivity contribution < 1.29 is 17.9 Å². The molecule has 0 bridgehead atoms. The predicted molar refractivity (Wildman–Crippen MR) is 105 cm³/mol. The molecule has 0 radical (unpaired) electrons. The molecule has 144 valence electrons. The van der Waals surface area contributed by atoms with Crippen LogP contribution in [0.3, 0.4) is 0 Å². The van der Waals surface area contributed by atoms with Gasteiger partial charge in [0.05, 0.1) is 17.7 Å². The van der Waals surface area contributed by atoms with Crippen molar-refractivity contribution in [3.05, 3.63) is 53.1 Å². The van der Waals surface area contributed by atoms with Crippen molar-refractivity contribution >= 4 is 33.2 Å². The highest BCUT2D eigenvalue weighted by Crippen LogP contribution is 2.28. The largest absolute Gasteiger partial charge is 0.495 e. The average molecular weight is 409 g/mol. The number of hydrogen-bond donors (Lipinski definition) is 1. The maximum Gasteiger partial charge on any atom is 0.255 e. The second-order valence-corrected chi connectivity index (χ2v) is 8.66. The molecule has 0 saturated carbocycles. The monoisotopic (exact) mass is 408 g/mol. The molecule has 1 amide bonds. The first-order valence-corrected chi connectivity index (χ1v) is 10.5. The number of benzene rings is 2. The van der Waals surface area contributed by atoms with Gasteiger partial charge >= 0.3 is 0 Å². The smallest absolute Gasteiger partial charge is 0.255 e. The summed E-state index contributed by atoms with van der Waals surface area (Å²) >= 11 is 5.97. The highest BCUT2D eigenvalue weighted by Gasteiger charge is 2.26.